The van der Waals surface area contributed by atoms with Crippen LogP contribution in [-0.2, 0) is 5.41 Å². The lowest BCUT2D eigenvalue weighted by Crippen LogP contribution is -2.33. The molecule has 8 aromatic rings. The van der Waals surface area contributed by atoms with E-state index in [1.165, 1.54) is 51.2 Å². The van der Waals surface area contributed by atoms with E-state index in [9.17, 15) is 0 Å². The zero-order valence-electron chi connectivity index (χ0n) is 36.0. The van der Waals surface area contributed by atoms with Crippen LogP contribution in [0.1, 0.15) is 59.4 Å². The minimum absolute atomic E-state index is 0.308. The van der Waals surface area contributed by atoms with Gasteiger partial charge in [-0.25, -0.2) is 0 Å². The second kappa shape index (κ2) is 15.2. The van der Waals surface area contributed by atoms with Gasteiger partial charge in [-0.3, -0.25) is 0 Å². The van der Waals surface area contributed by atoms with Crippen molar-refractivity contribution in [2.24, 2.45) is 0 Å². The van der Waals surface area contributed by atoms with Crippen molar-refractivity contribution in [2.75, 3.05) is 9.80 Å². The number of nitrogens with zero attached hydrogens (tertiary/aromatic N) is 2. The molecule has 0 aromatic heterocycles. The van der Waals surface area contributed by atoms with E-state index in [-0.39, 0.29) is 0 Å². The van der Waals surface area contributed by atoms with Crippen molar-refractivity contribution in [3.63, 3.8) is 0 Å². The van der Waals surface area contributed by atoms with E-state index in [0.29, 0.717) is 29.2 Å². The number of fused-ring (bicyclic) bond motifs is 9. The molecule has 3 aliphatic carbocycles. The summed E-state index contributed by atoms with van der Waals surface area (Å²) in [5.74, 6) is 3.14. The van der Waals surface area contributed by atoms with Gasteiger partial charge in [-0.15, -0.1) is 0 Å². The second-order valence-electron chi connectivity index (χ2n) is 17.7. The third kappa shape index (κ3) is 5.83. The minimum Gasteiger partial charge on any atom is -0.449 e. The maximum Gasteiger partial charge on any atom is 0.178 e. The molecule has 2 aliphatic heterocycles. The molecule has 0 saturated carbocycles. The Labute approximate surface area is 380 Å². The van der Waals surface area contributed by atoms with Crippen molar-refractivity contribution >= 4 is 17.1 Å². The Kier molecular flexibility index (Phi) is 8.80. The van der Waals surface area contributed by atoms with Gasteiger partial charge in [0.1, 0.15) is 0 Å². The summed E-state index contributed by atoms with van der Waals surface area (Å²) in [6.45, 7) is 0. The topological polar surface area (TPSA) is 24.9 Å². The number of anilines is 3. The SMILES string of the molecule is C1=CC(N2C3=CC(N(c4ccc5c(c4)Oc4ccc6c(c4O5)-c4ccccc4C6(c4ccccc4)c4ccccc4)c4ccccc4-c4ccccc4)=CCC3c3ccccc32)CCC1. The predicted octanol–water partition coefficient (Wildman–Crippen LogP) is 15.6. The van der Waals surface area contributed by atoms with Crippen LogP contribution in [0.3, 0.4) is 0 Å². The number of benzene rings is 8. The first-order valence-corrected chi connectivity index (χ1v) is 23.0. The molecule has 5 aliphatic rings. The first-order valence-electron chi connectivity index (χ1n) is 23.0. The standard InChI is InChI=1S/C61H46N2O2/c1-5-19-41(20-6-1)47-27-14-17-31-53(47)62(45-33-35-49-48-28-15-18-32-54(48)63(55(49)39-45)44-25-11-4-12-26-44)46-34-37-56-58(40-46)64-57-38-36-52-59(60(57)65-56)50-29-13-16-30-51(50)61(52,42-21-7-2-8-22-42)43-23-9-3-10-24-43/h1-3,5-11,13-25,27-34,36-40,44,49H,4,12,26,35H2. The first kappa shape index (κ1) is 37.7. The summed E-state index contributed by atoms with van der Waals surface area (Å²) in [6, 6.07) is 70.2. The number of rotatable bonds is 7. The smallest absolute Gasteiger partial charge is 0.178 e. The van der Waals surface area contributed by atoms with Crippen LogP contribution in [0.2, 0.25) is 0 Å². The largest absolute Gasteiger partial charge is 0.449 e. The van der Waals surface area contributed by atoms with Crippen molar-refractivity contribution in [3.05, 3.63) is 258 Å². The van der Waals surface area contributed by atoms with Crippen molar-refractivity contribution in [2.45, 2.75) is 43.1 Å². The Balaban J connectivity index is 0.946. The third-order valence-electron chi connectivity index (χ3n) is 14.3. The van der Waals surface area contributed by atoms with E-state index in [1.54, 1.807) is 0 Å². The summed E-state index contributed by atoms with van der Waals surface area (Å²) in [5, 5.41) is 0. The van der Waals surface area contributed by atoms with E-state index in [4.69, 9.17) is 9.47 Å². The number of allylic oxidation sites excluding steroid dienone is 4. The second-order valence-corrected chi connectivity index (χ2v) is 17.7. The van der Waals surface area contributed by atoms with Crippen molar-refractivity contribution in [3.8, 4) is 45.3 Å². The lowest BCUT2D eigenvalue weighted by atomic mass is 9.68. The van der Waals surface area contributed by atoms with Gasteiger partial charge in [0.25, 0.3) is 0 Å². The highest BCUT2D eigenvalue weighted by atomic mass is 16.6. The average molecular weight is 839 g/mol. The molecule has 8 aromatic carbocycles. The number of para-hydroxylation sites is 2. The minimum atomic E-state index is -0.533. The summed E-state index contributed by atoms with van der Waals surface area (Å²) in [6.07, 6.45) is 14.1. The summed E-state index contributed by atoms with van der Waals surface area (Å²) in [4.78, 5) is 5.06. The number of hydrogen-bond donors (Lipinski definition) is 0. The van der Waals surface area contributed by atoms with Crippen LogP contribution >= 0.6 is 0 Å². The molecule has 0 fully saturated rings. The predicted molar refractivity (Wildman–Crippen MR) is 264 cm³/mol. The quantitative estimate of drug-likeness (QED) is 0.149. The molecular formula is C61H46N2O2. The fourth-order valence-electron chi connectivity index (χ4n) is 11.5. The highest BCUT2D eigenvalue weighted by Gasteiger charge is 2.48. The van der Waals surface area contributed by atoms with Crippen LogP contribution in [0, 0.1) is 0 Å². The zero-order valence-corrected chi connectivity index (χ0v) is 36.0. The zero-order chi connectivity index (χ0) is 42.9. The molecule has 13 rings (SSSR count). The Morgan fingerprint density at radius 1 is 0.585 bits per heavy atom. The van der Waals surface area contributed by atoms with Gasteiger partial charge in [0, 0.05) is 40.2 Å². The molecule has 0 spiro atoms. The Bertz CT molecular complexity index is 3200. The van der Waals surface area contributed by atoms with Gasteiger partial charge in [-0.2, -0.15) is 0 Å². The highest BCUT2D eigenvalue weighted by Crippen LogP contribution is 2.62. The van der Waals surface area contributed by atoms with Crippen molar-refractivity contribution in [1.82, 2.24) is 0 Å². The van der Waals surface area contributed by atoms with Gasteiger partial charge in [0.15, 0.2) is 23.0 Å². The molecular weight excluding hydrogens is 793 g/mol. The maximum absolute atomic E-state index is 7.11. The third-order valence-corrected chi connectivity index (χ3v) is 14.3. The molecule has 0 radical (unpaired) electrons. The molecule has 2 heterocycles. The Morgan fingerprint density at radius 2 is 1.28 bits per heavy atom. The van der Waals surface area contributed by atoms with Crippen LogP contribution in [-0.4, -0.2) is 6.04 Å². The van der Waals surface area contributed by atoms with Crippen molar-refractivity contribution in [1.29, 1.82) is 0 Å². The molecule has 4 heteroatoms. The van der Waals surface area contributed by atoms with E-state index in [1.807, 2.05) is 0 Å². The van der Waals surface area contributed by atoms with Gasteiger partial charge in [0.2, 0.25) is 0 Å². The lowest BCUT2D eigenvalue weighted by molar-refractivity contribution is 0.360. The fraction of sp³-hybridized carbons (Fsp3) is 0.115. The summed E-state index contributed by atoms with van der Waals surface area (Å²) in [5.41, 5.74) is 16.2. The Morgan fingerprint density at radius 3 is 2.06 bits per heavy atom. The molecule has 312 valence electrons. The lowest BCUT2D eigenvalue weighted by Gasteiger charge is -2.36. The van der Waals surface area contributed by atoms with Gasteiger partial charge >= 0.3 is 0 Å². The van der Waals surface area contributed by atoms with E-state index in [0.717, 1.165) is 58.8 Å². The van der Waals surface area contributed by atoms with E-state index >= 15 is 0 Å². The summed E-state index contributed by atoms with van der Waals surface area (Å²) in [7, 11) is 0. The molecule has 65 heavy (non-hydrogen) atoms. The van der Waals surface area contributed by atoms with Crippen LogP contribution < -0.4 is 19.3 Å². The molecule has 0 bridgehead atoms. The van der Waals surface area contributed by atoms with Crippen LogP contribution in [0.15, 0.2) is 230 Å². The van der Waals surface area contributed by atoms with Gasteiger partial charge in [0.05, 0.1) is 22.8 Å². The molecule has 0 N–H and O–H groups in total. The van der Waals surface area contributed by atoms with E-state index in [2.05, 4.69) is 228 Å². The average Bonchev–Trinajstić information content (AvgIpc) is 3.88. The fourth-order valence-corrected chi connectivity index (χ4v) is 11.5. The monoisotopic (exact) mass is 838 g/mol. The van der Waals surface area contributed by atoms with Crippen LogP contribution in [0.4, 0.5) is 17.1 Å². The first-order chi connectivity index (χ1) is 32.3. The molecule has 0 amide bonds. The number of hydrogen-bond acceptors (Lipinski definition) is 4. The summed E-state index contributed by atoms with van der Waals surface area (Å²) >= 11 is 0. The number of ether oxygens (including phenoxy) is 2. The highest BCUT2D eigenvalue weighted by molar-refractivity contribution is 5.92. The summed E-state index contributed by atoms with van der Waals surface area (Å²) < 4.78 is 14.1. The van der Waals surface area contributed by atoms with Gasteiger partial charge in [-0.05, 0) is 101 Å². The van der Waals surface area contributed by atoms with Crippen molar-refractivity contribution < 1.29 is 9.47 Å². The van der Waals surface area contributed by atoms with Gasteiger partial charge < -0.3 is 19.3 Å². The van der Waals surface area contributed by atoms with Gasteiger partial charge in [-0.1, -0.05) is 176 Å². The molecule has 4 nitrogen and oxygen atoms in total. The van der Waals surface area contributed by atoms with Crippen LogP contribution in [0.5, 0.6) is 23.0 Å². The maximum atomic E-state index is 7.11. The Hall–Kier alpha value is -7.82. The van der Waals surface area contributed by atoms with E-state index < -0.39 is 5.41 Å². The molecule has 2 atom stereocenters. The normalized spacial score (nSPS) is 18.1. The molecule has 0 saturated heterocycles. The molecule has 2 unspecified atom stereocenters. The van der Waals surface area contributed by atoms with Crippen LogP contribution in [0.25, 0.3) is 22.3 Å².